The molecule has 0 aromatic carbocycles. The van der Waals surface area contributed by atoms with E-state index in [4.69, 9.17) is 0 Å². The van der Waals surface area contributed by atoms with Crippen molar-refractivity contribution in [3.63, 3.8) is 0 Å². The zero-order valence-electron chi connectivity index (χ0n) is 5.67. The fourth-order valence-corrected chi connectivity index (χ4v) is 8.15. The number of hydrogen-bond donors (Lipinski definition) is 0. The summed E-state index contributed by atoms with van der Waals surface area (Å²) in [7, 11) is 0. The van der Waals surface area contributed by atoms with Gasteiger partial charge >= 0.3 is 0 Å². The van der Waals surface area contributed by atoms with Crippen molar-refractivity contribution in [3.05, 3.63) is 0 Å². The van der Waals surface area contributed by atoms with Crippen LogP contribution < -0.4 is 0 Å². The SMILES string of the molecule is C1CSC2(CS1)SCCS2. The van der Waals surface area contributed by atoms with Crippen LogP contribution in [0.25, 0.3) is 0 Å². The van der Waals surface area contributed by atoms with Crippen LogP contribution in [0.3, 0.4) is 0 Å². The van der Waals surface area contributed by atoms with Gasteiger partial charge < -0.3 is 0 Å². The lowest BCUT2D eigenvalue weighted by Gasteiger charge is -2.29. The van der Waals surface area contributed by atoms with Crippen molar-refractivity contribution in [1.82, 2.24) is 0 Å². The zero-order chi connectivity index (χ0) is 6.86. The van der Waals surface area contributed by atoms with E-state index < -0.39 is 0 Å². The molecule has 0 atom stereocenters. The van der Waals surface area contributed by atoms with Crippen LogP contribution in [0.1, 0.15) is 0 Å². The first-order chi connectivity index (χ1) is 4.91. The minimum atomic E-state index is 0.586. The highest BCUT2D eigenvalue weighted by Crippen LogP contribution is 2.55. The summed E-state index contributed by atoms with van der Waals surface area (Å²) in [5.41, 5.74) is 0. The van der Waals surface area contributed by atoms with E-state index in [0.29, 0.717) is 3.41 Å². The molecule has 2 saturated heterocycles. The molecule has 2 aliphatic rings. The van der Waals surface area contributed by atoms with E-state index in [1.165, 1.54) is 28.8 Å². The van der Waals surface area contributed by atoms with E-state index in [1.54, 1.807) is 0 Å². The number of hydrogen-bond acceptors (Lipinski definition) is 4. The molecule has 58 valence electrons. The lowest BCUT2D eigenvalue weighted by atomic mass is 10.9. The second kappa shape index (κ2) is 3.42. The van der Waals surface area contributed by atoms with E-state index in [9.17, 15) is 0 Å². The van der Waals surface area contributed by atoms with Gasteiger partial charge in [0, 0.05) is 28.8 Å². The Balaban J connectivity index is 1.98. The fraction of sp³-hybridized carbons (Fsp3) is 1.00. The molecule has 0 nitrogen and oxygen atoms in total. The van der Waals surface area contributed by atoms with Crippen molar-refractivity contribution in [2.45, 2.75) is 3.41 Å². The minimum absolute atomic E-state index is 0.586. The molecule has 0 N–H and O–H groups in total. The van der Waals surface area contributed by atoms with E-state index in [0.717, 1.165) is 0 Å². The van der Waals surface area contributed by atoms with Crippen LogP contribution in [-0.4, -0.2) is 32.2 Å². The highest BCUT2D eigenvalue weighted by molar-refractivity contribution is 8.37. The molecule has 0 bridgehead atoms. The summed E-state index contributed by atoms with van der Waals surface area (Å²) in [6.45, 7) is 0. The molecule has 2 rings (SSSR count). The minimum Gasteiger partial charge on any atom is -0.158 e. The lowest BCUT2D eigenvalue weighted by molar-refractivity contribution is 1.31. The molecular weight excluding hydrogens is 200 g/mol. The Kier molecular flexibility index (Phi) is 2.74. The van der Waals surface area contributed by atoms with Gasteiger partial charge in [-0.1, -0.05) is 0 Å². The third-order valence-corrected chi connectivity index (χ3v) is 8.85. The van der Waals surface area contributed by atoms with Gasteiger partial charge in [0.2, 0.25) is 0 Å². The molecule has 0 aromatic heterocycles. The van der Waals surface area contributed by atoms with Gasteiger partial charge in [0.15, 0.2) is 0 Å². The Morgan fingerprint density at radius 2 is 1.40 bits per heavy atom. The molecule has 2 heterocycles. The van der Waals surface area contributed by atoms with Gasteiger partial charge in [0.05, 0.1) is 0 Å². The average Bonchev–Trinajstić information content (AvgIpc) is 2.39. The first kappa shape index (κ1) is 8.02. The van der Waals surface area contributed by atoms with E-state index in [1.807, 2.05) is 0 Å². The summed E-state index contributed by atoms with van der Waals surface area (Å²) >= 11 is 8.65. The largest absolute Gasteiger partial charge is 0.158 e. The molecule has 2 aliphatic heterocycles. The van der Waals surface area contributed by atoms with Crippen LogP contribution in [-0.2, 0) is 0 Å². The predicted molar refractivity (Wildman–Crippen MR) is 57.4 cm³/mol. The van der Waals surface area contributed by atoms with E-state index in [-0.39, 0.29) is 0 Å². The molecular formula is C6H10S4. The summed E-state index contributed by atoms with van der Waals surface area (Å²) in [5, 5.41) is 0. The Morgan fingerprint density at radius 3 is 1.90 bits per heavy atom. The molecule has 2 fully saturated rings. The second-order valence-corrected chi connectivity index (χ2v) is 8.34. The first-order valence-electron chi connectivity index (χ1n) is 3.41. The summed E-state index contributed by atoms with van der Waals surface area (Å²) in [4.78, 5) is 0. The average molecular weight is 210 g/mol. The summed E-state index contributed by atoms with van der Waals surface area (Å²) < 4.78 is 0.586. The summed E-state index contributed by atoms with van der Waals surface area (Å²) in [5.74, 6) is 6.85. The normalized spacial score (nSPS) is 31.2. The van der Waals surface area contributed by atoms with Crippen LogP contribution in [0.15, 0.2) is 0 Å². The fourth-order valence-electron chi connectivity index (χ4n) is 1.10. The van der Waals surface area contributed by atoms with Crippen LogP contribution in [0.5, 0.6) is 0 Å². The van der Waals surface area contributed by atoms with Crippen LogP contribution in [0, 0.1) is 0 Å². The quantitative estimate of drug-likeness (QED) is 0.602. The molecule has 1 spiro atoms. The molecule has 0 aliphatic carbocycles. The first-order valence-corrected chi connectivity index (χ1v) is 7.52. The predicted octanol–water partition coefficient (Wildman–Crippen LogP) is 2.60. The molecule has 4 heteroatoms. The molecule has 0 amide bonds. The molecule has 0 unspecified atom stereocenters. The smallest absolute Gasteiger partial charge is 0.116 e. The maximum Gasteiger partial charge on any atom is 0.116 e. The van der Waals surface area contributed by atoms with Gasteiger partial charge in [-0.05, 0) is 0 Å². The van der Waals surface area contributed by atoms with Gasteiger partial charge in [0.1, 0.15) is 3.41 Å². The molecule has 0 radical (unpaired) electrons. The van der Waals surface area contributed by atoms with Crippen LogP contribution >= 0.6 is 47.0 Å². The zero-order valence-corrected chi connectivity index (χ0v) is 8.93. The Bertz CT molecular complexity index is 111. The van der Waals surface area contributed by atoms with Crippen LogP contribution in [0.2, 0.25) is 0 Å². The van der Waals surface area contributed by atoms with Gasteiger partial charge in [0.25, 0.3) is 0 Å². The van der Waals surface area contributed by atoms with Gasteiger partial charge in [-0.3, -0.25) is 0 Å². The van der Waals surface area contributed by atoms with Crippen molar-refractivity contribution >= 4 is 47.0 Å². The second-order valence-electron chi connectivity index (χ2n) is 2.28. The maximum atomic E-state index is 2.18. The van der Waals surface area contributed by atoms with Crippen molar-refractivity contribution in [3.8, 4) is 0 Å². The van der Waals surface area contributed by atoms with Crippen LogP contribution in [0.4, 0.5) is 0 Å². The van der Waals surface area contributed by atoms with E-state index in [2.05, 4.69) is 47.0 Å². The van der Waals surface area contributed by atoms with Gasteiger partial charge in [-0.2, -0.15) is 11.8 Å². The number of thioether (sulfide) groups is 4. The molecule has 10 heavy (non-hydrogen) atoms. The topological polar surface area (TPSA) is 0 Å². The van der Waals surface area contributed by atoms with Crippen molar-refractivity contribution in [2.24, 2.45) is 0 Å². The van der Waals surface area contributed by atoms with Crippen molar-refractivity contribution in [2.75, 3.05) is 28.8 Å². The Labute approximate surface area is 79.0 Å². The van der Waals surface area contributed by atoms with Crippen molar-refractivity contribution < 1.29 is 0 Å². The molecule has 0 aromatic rings. The molecule has 0 saturated carbocycles. The lowest BCUT2D eigenvalue weighted by Crippen LogP contribution is -2.21. The highest BCUT2D eigenvalue weighted by atomic mass is 32.3. The Hall–Kier alpha value is 1.40. The standard InChI is InChI=1S/C6H10S4/c1-2-8-6(5-7-1)9-3-4-10-6/h1-5H2. The maximum absolute atomic E-state index is 2.18. The third kappa shape index (κ3) is 1.59. The van der Waals surface area contributed by atoms with Gasteiger partial charge in [-0.25, -0.2) is 0 Å². The van der Waals surface area contributed by atoms with E-state index >= 15 is 0 Å². The van der Waals surface area contributed by atoms with Crippen molar-refractivity contribution in [1.29, 1.82) is 0 Å². The monoisotopic (exact) mass is 210 g/mol. The van der Waals surface area contributed by atoms with Gasteiger partial charge in [-0.15, -0.1) is 35.3 Å². The Morgan fingerprint density at radius 1 is 0.800 bits per heavy atom. The third-order valence-electron chi connectivity index (χ3n) is 1.56. The summed E-state index contributed by atoms with van der Waals surface area (Å²) in [6, 6.07) is 0. The number of rotatable bonds is 0. The summed E-state index contributed by atoms with van der Waals surface area (Å²) in [6.07, 6.45) is 0. The highest BCUT2D eigenvalue weighted by Gasteiger charge is 2.37.